The van der Waals surface area contributed by atoms with Crippen LogP contribution in [0.4, 0.5) is 5.82 Å². The molecule has 0 spiro atoms. The van der Waals surface area contributed by atoms with Crippen LogP contribution >= 0.6 is 0 Å². The van der Waals surface area contributed by atoms with Crippen molar-refractivity contribution in [1.29, 1.82) is 0 Å². The monoisotopic (exact) mass is 279 g/mol. The third kappa shape index (κ3) is 4.29. The summed E-state index contributed by atoms with van der Waals surface area (Å²) in [6.07, 6.45) is 0.449. The van der Waals surface area contributed by atoms with E-state index in [9.17, 15) is 16.8 Å². The Kier molecular flexibility index (Phi) is 4.07. The number of pyridine rings is 1. The molecule has 0 unspecified atom stereocenters. The molecule has 1 heterocycles. The Bertz CT molecular complexity index is 595. The van der Waals surface area contributed by atoms with Crippen LogP contribution in [0.2, 0.25) is 0 Å². The molecule has 3 N–H and O–H groups in total. The Morgan fingerprint density at radius 2 is 1.94 bits per heavy atom. The van der Waals surface area contributed by atoms with Crippen LogP contribution in [0.25, 0.3) is 0 Å². The van der Waals surface area contributed by atoms with Crippen LogP contribution in [-0.2, 0) is 20.0 Å². The number of nitrogens with two attached hydrogens (primary N) is 1. The highest BCUT2D eigenvalue weighted by molar-refractivity contribution is 7.92. The Balaban J connectivity index is 3.03. The first-order valence-electron chi connectivity index (χ1n) is 4.75. The molecule has 0 aliphatic carbocycles. The summed E-state index contributed by atoms with van der Waals surface area (Å²) in [6, 6.07) is 3.89. The Labute approximate surface area is 100 Å². The maximum absolute atomic E-state index is 11.4. The summed E-state index contributed by atoms with van der Waals surface area (Å²) in [5.41, 5.74) is 0. The minimum atomic E-state index is -3.94. The van der Waals surface area contributed by atoms with E-state index in [1.54, 1.807) is 6.92 Å². The van der Waals surface area contributed by atoms with Gasteiger partial charge in [-0.2, -0.15) is 0 Å². The predicted octanol–water partition coefficient (Wildman–Crippen LogP) is -0.119. The molecule has 96 valence electrons. The van der Waals surface area contributed by atoms with Gasteiger partial charge in [-0.25, -0.2) is 27.0 Å². The number of primary sulfonamides is 1. The summed E-state index contributed by atoms with van der Waals surface area (Å²) in [6.45, 7) is 1.72. The summed E-state index contributed by atoms with van der Waals surface area (Å²) in [4.78, 5) is 3.61. The third-order valence-electron chi connectivity index (χ3n) is 1.75. The molecule has 0 saturated heterocycles. The second kappa shape index (κ2) is 4.98. The Morgan fingerprint density at radius 3 is 2.47 bits per heavy atom. The number of nitrogens with zero attached hydrogens (tertiary/aromatic N) is 1. The Hall–Kier alpha value is -1.19. The van der Waals surface area contributed by atoms with E-state index >= 15 is 0 Å². The predicted molar refractivity (Wildman–Crippen MR) is 63.3 cm³/mol. The number of sulfonamides is 2. The molecule has 0 atom stereocenters. The zero-order valence-electron chi connectivity index (χ0n) is 9.12. The van der Waals surface area contributed by atoms with E-state index < -0.39 is 20.0 Å². The highest BCUT2D eigenvalue weighted by atomic mass is 32.2. The lowest BCUT2D eigenvalue weighted by atomic mass is 10.5. The zero-order chi connectivity index (χ0) is 13.1. The number of rotatable bonds is 5. The van der Waals surface area contributed by atoms with Gasteiger partial charge in [-0.15, -0.1) is 0 Å². The van der Waals surface area contributed by atoms with E-state index in [0.717, 1.165) is 0 Å². The van der Waals surface area contributed by atoms with Crippen molar-refractivity contribution in [3.05, 3.63) is 18.2 Å². The van der Waals surface area contributed by atoms with Crippen molar-refractivity contribution in [2.24, 2.45) is 5.14 Å². The van der Waals surface area contributed by atoms with Gasteiger partial charge in [0.1, 0.15) is 5.82 Å². The molecule has 0 aliphatic heterocycles. The van der Waals surface area contributed by atoms with Crippen molar-refractivity contribution in [2.75, 3.05) is 10.5 Å². The number of nitrogens with one attached hydrogen (secondary N) is 1. The summed E-state index contributed by atoms with van der Waals surface area (Å²) in [5.74, 6) is -0.126. The molecule has 1 aromatic rings. The summed E-state index contributed by atoms with van der Waals surface area (Å²) in [7, 11) is -7.43. The van der Waals surface area contributed by atoms with Gasteiger partial charge in [-0.1, -0.05) is 13.0 Å². The van der Waals surface area contributed by atoms with Gasteiger partial charge in [0.25, 0.3) is 10.0 Å². The number of hydrogen-bond acceptors (Lipinski definition) is 5. The minimum absolute atomic E-state index is 0.0612. The number of hydrogen-bond donors (Lipinski definition) is 2. The summed E-state index contributed by atoms with van der Waals surface area (Å²) < 4.78 is 47.1. The molecule has 0 amide bonds. The van der Waals surface area contributed by atoms with Gasteiger partial charge in [-0.3, -0.25) is 4.72 Å². The van der Waals surface area contributed by atoms with Crippen molar-refractivity contribution >= 4 is 25.9 Å². The standard InChI is InChI=1S/C8H13N3O4S2/c1-2-6-16(12,13)11-7-4-3-5-8(10-7)17(9,14)15/h3-5H,2,6H2,1H3,(H,10,11)(H2,9,14,15). The van der Waals surface area contributed by atoms with Crippen LogP contribution < -0.4 is 9.86 Å². The average Bonchev–Trinajstić information content (AvgIpc) is 2.15. The van der Waals surface area contributed by atoms with Crippen LogP contribution in [0.5, 0.6) is 0 Å². The Morgan fingerprint density at radius 1 is 1.29 bits per heavy atom. The van der Waals surface area contributed by atoms with Gasteiger partial charge in [0.15, 0.2) is 5.03 Å². The second-order valence-electron chi connectivity index (χ2n) is 3.33. The second-order valence-corrected chi connectivity index (χ2v) is 6.68. The smallest absolute Gasteiger partial charge is 0.255 e. The third-order valence-corrected chi connectivity index (χ3v) is 4.02. The van der Waals surface area contributed by atoms with Crippen LogP contribution in [0.15, 0.2) is 23.2 Å². The van der Waals surface area contributed by atoms with E-state index in [2.05, 4.69) is 9.71 Å². The largest absolute Gasteiger partial charge is 0.267 e. The molecule has 9 heteroatoms. The van der Waals surface area contributed by atoms with Crippen molar-refractivity contribution in [1.82, 2.24) is 4.98 Å². The SMILES string of the molecule is CCCS(=O)(=O)Nc1cccc(S(N)(=O)=O)n1. The fraction of sp³-hybridized carbons (Fsp3) is 0.375. The van der Waals surface area contributed by atoms with E-state index in [0.29, 0.717) is 6.42 Å². The quantitative estimate of drug-likeness (QED) is 0.778. The van der Waals surface area contributed by atoms with Gasteiger partial charge < -0.3 is 0 Å². The molecule has 17 heavy (non-hydrogen) atoms. The lowest BCUT2D eigenvalue weighted by Crippen LogP contribution is -2.19. The zero-order valence-corrected chi connectivity index (χ0v) is 10.8. The normalized spacial score (nSPS) is 12.4. The molecule has 0 aromatic carbocycles. The first kappa shape index (κ1) is 13.9. The molecule has 0 aliphatic rings. The number of anilines is 1. The molecule has 0 fully saturated rings. The van der Waals surface area contributed by atoms with Crippen molar-refractivity contribution < 1.29 is 16.8 Å². The van der Waals surface area contributed by atoms with E-state index in [1.165, 1.54) is 18.2 Å². The first-order valence-corrected chi connectivity index (χ1v) is 7.95. The molecule has 0 saturated carbocycles. The molecule has 0 radical (unpaired) electrons. The highest BCUT2D eigenvalue weighted by Crippen LogP contribution is 2.10. The van der Waals surface area contributed by atoms with Gasteiger partial charge in [0.05, 0.1) is 5.75 Å². The van der Waals surface area contributed by atoms with Gasteiger partial charge in [0.2, 0.25) is 10.0 Å². The van der Waals surface area contributed by atoms with Crippen molar-refractivity contribution in [3.8, 4) is 0 Å². The lowest BCUT2D eigenvalue weighted by Gasteiger charge is -2.06. The molecule has 7 nitrogen and oxygen atoms in total. The molecular weight excluding hydrogens is 266 g/mol. The molecular formula is C8H13N3O4S2. The summed E-state index contributed by atoms with van der Waals surface area (Å²) in [5, 5.41) is 4.50. The molecule has 1 rings (SSSR count). The van der Waals surface area contributed by atoms with Crippen LogP contribution in [0.3, 0.4) is 0 Å². The van der Waals surface area contributed by atoms with Crippen LogP contribution in [0.1, 0.15) is 13.3 Å². The number of aromatic nitrogens is 1. The fourth-order valence-electron chi connectivity index (χ4n) is 1.11. The maximum Gasteiger partial charge on any atom is 0.255 e. The van der Waals surface area contributed by atoms with E-state index in [1.807, 2.05) is 0 Å². The van der Waals surface area contributed by atoms with Gasteiger partial charge in [0, 0.05) is 0 Å². The maximum atomic E-state index is 11.4. The fourth-order valence-corrected chi connectivity index (χ4v) is 2.67. The topological polar surface area (TPSA) is 119 Å². The van der Waals surface area contributed by atoms with Crippen LogP contribution in [-0.4, -0.2) is 27.6 Å². The molecule has 0 bridgehead atoms. The lowest BCUT2D eigenvalue weighted by molar-refractivity contribution is 0.592. The van der Waals surface area contributed by atoms with E-state index in [-0.39, 0.29) is 16.6 Å². The minimum Gasteiger partial charge on any atom is -0.267 e. The van der Waals surface area contributed by atoms with Crippen molar-refractivity contribution in [3.63, 3.8) is 0 Å². The molecule has 1 aromatic heterocycles. The van der Waals surface area contributed by atoms with Crippen molar-refractivity contribution in [2.45, 2.75) is 18.4 Å². The van der Waals surface area contributed by atoms with Gasteiger partial charge >= 0.3 is 0 Å². The van der Waals surface area contributed by atoms with Crippen LogP contribution in [0, 0.1) is 0 Å². The van der Waals surface area contributed by atoms with Gasteiger partial charge in [-0.05, 0) is 18.6 Å². The highest BCUT2D eigenvalue weighted by Gasteiger charge is 2.13. The van der Waals surface area contributed by atoms with E-state index in [4.69, 9.17) is 5.14 Å². The first-order chi connectivity index (χ1) is 7.74. The summed E-state index contributed by atoms with van der Waals surface area (Å²) >= 11 is 0. The average molecular weight is 279 g/mol.